The van der Waals surface area contributed by atoms with E-state index < -0.39 is 0 Å². The Kier molecular flexibility index (Phi) is 4.04. The van der Waals surface area contributed by atoms with Crippen LogP contribution < -0.4 is 5.32 Å². The maximum Gasteiger partial charge on any atom is 0.0355 e. The molecule has 1 atom stereocenters. The molecule has 0 bridgehead atoms. The Morgan fingerprint density at radius 2 is 1.85 bits per heavy atom. The zero-order valence-electron chi connectivity index (χ0n) is 12.1. The zero-order chi connectivity index (χ0) is 13.9. The number of hydrogen-bond acceptors (Lipinski definition) is 2. The van der Waals surface area contributed by atoms with Gasteiger partial charge in [0.05, 0.1) is 0 Å². The van der Waals surface area contributed by atoms with Crippen molar-refractivity contribution in [2.75, 3.05) is 13.1 Å². The lowest BCUT2D eigenvalue weighted by Gasteiger charge is -2.12. The molecule has 1 aromatic heterocycles. The summed E-state index contributed by atoms with van der Waals surface area (Å²) in [4.78, 5) is 0. The van der Waals surface area contributed by atoms with E-state index in [0.717, 1.165) is 13.1 Å². The van der Waals surface area contributed by atoms with Crippen molar-refractivity contribution in [2.24, 2.45) is 0 Å². The average Bonchev–Trinajstić information content (AvgIpc) is 2.85. The molecule has 0 saturated carbocycles. The lowest BCUT2D eigenvalue weighted by Crippen LogP contribution is -2.15. The van der Waals surface area contributed by atoms with Crippen LogP contribution in [0.2, 0.25) is 0 Å². The Labute approximate surface area is 124 Å². The molecular formula is C18H21NS. The summed E-state index contributed by atoms with van der Waals surface area (Å²) in [7, 11) is 0. The lowest BCUT2D eigenvalue weighted by molar-refractivity contribution is 0.609. The summed E-state index contributed by atoms with van der Waals surface area (Å²) in [5.74, 6) is 0.608. The molecular weight excluding hydrogens is 262 g/mol. The number of nitrogens with one attached hydrogen (secondary N) is 1. The van der Waals surface area contributed by atoms with Crippen LogP contribution in [0.3, 0.4) is 0 Å². The van der Waals surface area contributed by atoms with Gasteiger partial charge in [-0.3, -0.25) is 0 Å². The number of fused-ring (bicyclic) bond motifs is 3. The minimum atomic E-state index is 0.608. The molecule has 20 heavy (non-hydrogen) atoms. The van der Waals surface area contributed by atoms with Gasteiger partial charge in [0.2, 0.25) is 0 Å². The highest BCUT2D eigenvalue weighted by Crippen LogP contribution is 2.35. The topological polar surface area (TPSA) is 12.0 Å². The van der Waals surface area contributed by atoms with Gasteiger partial charge in [-0.2, -0.15) is 0 Å². The van der Waals surface area contributed by atoms with E-state index >= 15 is 0 Å². The monoisotopic (exact) mass is 283 g/mol. The molecule has 2 heteroatoms. The van der Waals surface area contributed by atoms with Crippen molar-refractivity contribution in [1.82, 2.24) is 5.32 Å². The highest BCUT2D eigenvalue weighted by Gasteiger charge is 2.09. The molecule has 1 heterocycles. The fourth-order valence-corrected chi connectivity index (χ4v) is 3.80. The van der Waals surface area contributed by atoms with Crippen LogP contribution in [0.5, 0.6) is 0 Å². The van der Waals surface area contributed by atoms with Crippen LogP contribution >= 0.6 is 11.3 Å². The summed E-state index contributed by atoms with van der Waals surface area (Å²) in [6.45, 7) is 6.64. The molecule has 0 aliphatic carbocycles. The van der Waals surface area contributed by atoms with E-state index in [2.05, 4.69) is 61.6 Å². The third-order valence-corrected chi connectivity index (χ3v) is 5.13. The molecule has 0 amide bonds. The summed E-state index contributed by atoms with van der Waals surface area (Å²) < 4.78 is 2.79. The van der Waals surface area contributed by atoms with Gasteiger partial charge in [-0.05, 0) is 49.2 Å². The Morgan fingerprint density at radius 1 is 1.05 bits per heavy atom. The van der Waals surface area contributed by atoms with Gasteiger partial charge in [0.15, 0.2) is 0 Å². The summed E-state index contributed by atoms with van der Waals surface area (Å²) in [6.07, 6.45) is 1.20. The van der Waals surface area contributed by atoms with Crippen molar-refractivity contribution >= 4 is 31.5 Å². The van der Waals surface area contributed by atoms with Gasteiger partial charge < -0.3 is 5.32 Å². The molecule has 3 aromatic rings. The molecule has 0 fully saturated rings. The largest absolute Gasteiger partial charge is 0.317 e. The van der Waals surface area contributed by atoms with Gasteiger partial charge in [-0.25, -0.2) is 0 Å². The van der Waals surface area contributed by atoms with Crippen LogP contribution in [0.15, 0.2) is 42.5 Å². The first-order valence-electron chi connectivity index (χ1n) is 7.41. The van der Waals surface area contributed by atoms with Crippen LogP contribution in [-0.2, 0) is 0 Å². The summed E-state index contributed by atoms with van der Waals surface area (Å²) >= 11 is 1.89. The Morgan fingerprint density at radius 3 is 2.70 bits per heavy atom. The number of thiophene rings is 1. The van der Waals surface area contributed by atoms with Gasteiger partial charge >= 0.3 is 0 Å². The minimum absolute atomic E-state index is 0.608. The number of hydrogen-bond donors (Lipinski definition) is 1. The van der Waals surface area contributed by atoms with Crippen LogP contribution in [0.1, 0.15) is 31.7 Å². The third-order valence-electron chi connectivity index (χ3n) is 3.97. The molecule has 1 N–H and O–H groups in total. The van der Waals surface area contributed by atoms with E-state index in [4.69, 9.17) is 0 Å². The molecule has 2 aromatic carbocycles. The highest BCUT2D eigenvalue weighted by atomic mass is 32.1. The first-order chi connectivity index (χ1) is 9.79. The van der Waals surface area contributed by atoms with E-state index in [0.29, 0.717) is 5.92 Å². The average molecular weight is 283 g/mol. The second kappa shape index (κ2) is 5.94. The van der Waals surface area contributed by atoms with Crippen LogP contribution in [-0.4, -0.2) is 13.1 Å². The fourth-order valence-electron chi connectivity index (χ4n) is 2.71. The molecule has 0 saturated heterocycles. The van der Waals surface area contributed by atoms with E-state index in [1.165, 1.54) is 32.2 Å². The Balaban J connectivity index is 1.95. The van der Waals surface area contributed by atoms with Crippen molar-refractivity contribution in [2.45, 2.75) is 26.2 Å². The van der Waals surface area contributed by atoms with Crippen LogP contribution in [0.25, 0.3) is 20.2 Å². The second-order valence-corrected chi connectivity index (χ2v) is 6.48. The standard InChI is InChI=1S/C18H21NS/c1-3-19-11-10-13(2)14-8-9-18-16(12-14)15-6-4-5-7-17(15)20-18/h4-9,12-13,19H,3,10-11H2,1-2H3. The maximum absolute atomic E-state index is 3.41. The highest BCUT2D eigenvalue weighted by molar-refractivity contribution is 7.25. The van der Waals surface area contributed by atoms with E-state index in [1.807, 2.05) is 11.3 Å². The number of benzene rings is 2. The molecule has 0 aliphatic rings. The van der Waals surface area contributed by atoms with Gasteiger partial charge in [0.25, 0.3) is 0 Å². The summed E-state index contributed by atoms with van der Waals surface area (Å²) in [6, 6.07) is 15.7. The van der Waals surface area contributed by atoms with Gasteiger partial charge in [0.1, 0.15) is 0 Å². The molecule has 0 spiro atoms. The van der Waals surface area contributed by atoms with Gasteiger partial charge in [-0.1, -0.05) is 38.1 Å². The SMILES string of the molecule is CCNCCC(C)c1ccc2sc3ccccc3c2c1. The van der Waals surface area contributed by atoms with Gasteiger partial charge in [-0.15, -0.1) is 11.3 Å². The molecule has 0 aliphatic heterocycles. The summed E-state index contributed by atoms with van der Waals surface area (Å²) in [5.41, 5.74) is 1.46. The number of rotatable bonds is 5. The van der Waals surface area contributed by atoms with E-state index in [9.17, 15) is 0 Å². The van der Waals surface area contributed by atoms with Crippen LogP contribution in [0.4, 0.5) is 0 Å². The first kappa shape index (κ1) is 13.6. The van der Waals surface area contributed by atoms with Crippen LogP contribution in [0, 0.1) is 0 Å². The van der Waals surface area contributed by atoms with Crippen molar-refractivity contribution in [1.29, 1.82) is 0 Å². The predicted octanol–water partition coefficient (Wildman–Crippen LogP) is 5.16. The predicted molar refractivity (Wildman–Crippen MR) is 90.9 cm³/mol. The quantitative estimate of drug-likeness (QED) is 0.638. The Bertz CT molecular complexity index is 714. The lowest BCUT2D eigenvalue weighted by atomic mass is 9.96. The summed E-state index contributed by atoms with van der Waals surface area (Å²) in [5, 5.41) is 6.22. The third kappa shape index (κ3) is 2.58. The smallest absolute Gasteiger partial charge is 0.0355 e. The van der Waals surface area contributed by atoms with Crippen molar-refractivity contribution in [3.8, 4) is 0 Å². The maximum atomic E-state index is 3.41. The van der Waals surface area contributed by atoms with E-state index in [-0.39, 0.29) is 0 Å². The first-order valence-corrected chi connectivity index (χ1v) is 8.23. The van der Waals surface area contributed by atoms with E-state index in [1.54, 1.807) is 0 Å². The minimum Gasteiger partial charge on any atom is -0.317 e. The molecule has 1 nitrogen and oxygen atoms in total. The molecule has 3 rings (SSSR count). The van der Waals surface area contributed by atoms with Crippen molar-refractivity contribution in [3.05, 3.63) is 48.0 Å². The Hall–Kier alpha value is -1.38. The fraction of sp³-hybridized carbons (Fsp3) is 0.333. The zero-order valence-corrected chi connectivity index (χ0v) is 13.0. The second-order valence-electron chi connectivity index (χ2n) is 5.40. The molecule has 104 valence electrons. The normalized spacial score (nSPS) is 13.1. The van der Waals surface area contributed by atoms with Gasteiger partial charge in [0, 0.05) is 20.2 Å². The molecule has 1 unspecified atom stereocenters. The van der Waals surface area contributed by atoms with Crippen molar-refractivity contribution < 1.29 is 0 Å². The van der Waals surface area contributed by atoms with Crippen molar-refractivity contribution in [3.63, 3.8) is 0 Å². The molecule has 0 radical (unpaired) electrons.